The molecular weight excluding hydrogens is 477 g/mol. The van der Waals surface area contributed by atoms with E-state index in [2.05, 4.69) is 42.3 Å². The number of nitrogens with one attached hydrogen (secondary N) is 1. The maximum absolute atomic E-state index is 12.1. The zero-order chi connectivity index (χ0) is 18.6. The van der Waals surface area contributed by atoms with E-state index in [4.69, 9.17) is 22.2 Å². The van der Waals surface area contributed by atoms with Gasteiger partial charge in [-0.15, -0.1) is 0 Å². The van der Waals surface area contributed by atoms with E-state index in [-0.39, 0.29) is 5.75 Å². The van der Waals surface area contributed by atoms with Crippen molar-refractivity contribution in [1.29, 1.82) is 0 Å². The smallest absolute Gasteiger partial charge is 0.263 e. The number of hydrogen-bond acceptors (Lipinski definition) is 5. The third-order valence-electron chi connectivity index (χ3n) is 3.32. The molecule has 0 aliphatic rings. The van der Waals surface area contributed by atoms with Crippen LogP contribution in [0.15, 0.2) is 44.3 Å². The Labute approximate surface area is 166 Å². The zero-order valence-corrected chi connectivity index (χ0v) is 16.9. The monoisotopic (exact) mass is 489 g/mol. The predicted molar refractivity (Wildman–Crippen MR) is 104 cm³/mol. The SMILES string of the molecule is COc1c(Br)cc(C=NC(C(=O)NN)c2ccc(Cl)cc2)c(O)c1Br. The maximum atomic E-state index is 12.1. The highest BCUT2D eigenvalue weighted by molar-refractivity contribution is 9.11. The number of hydrogen-bond donors (Lipinski definition) is 3. The van der Waals surface area contributed by atoms with Gasteiger partial charge in [-0.05, 0) is 55.6 Å². The number of benzene rings is 2. The van der Waals surface area contributed by atoms with Crippen LogP contribution in [0.5, 0.6) is 11.5 Å². The number of aliphatic imine (C=N–C) groups is 1. The van der Waals surface area contributed by atoms with Gasteiger partial charge in [-0.1, -0.05) is 23.7 Å². The Hall–Kier alpha value is -1.61. The first-order valence-corrected chi connectivity index (χ1v) is 8.89. The number of hydrazine groups is 1. The van der Waals surface area contributed by atoms with Crippen LogP contribution in [0.1, 0.15) is 17.2 Å². The molecule has 0 saturated heterocycles. The van der Waals surface area contributed by atoms with Gasteiger partial charge in [0.2, 0.25) is 0 Å². The topological polar surface area (TPSA) is 96.9 Å². The number of halogens is 3. The van der Waals surface area contributed by atoms with Gasteiger partial charge in [0, 0.05) is 16.8 Å². The minimum Gasteiger partial charge on any atom is -0.506 e. The van der Waals surface area contributed by atoms with Crippen LogP contribution < -0.4 is 16.0 Å². The lowest BCUT2D eigenvalue weighted by Crippen LogP contribution is -2.34. The minimum atomic E-state index is -0.888. The summed E-state index contributed by atoms with van der Waals surface area (Å²) >= 11 is 12.5. The molecule has 6 nitrogen and oxygen atoms in total. The van der Waals surface area contributed by atoms with E-state index in [1.54, 1.807) is 30.3 Å². The summed E-state index contributed by atoms with van der Waals surface area (Å²) in [5.41, 5.74) is 3.08. The molecule has 0 aliphatic carbocycles. The van der Waals surface area contributed by atoms with E-state index in [0.29, 0.717) is 30.8 Å². The summed E-state index contributed by atoms with van der Waals surface area (Å²) in [7, 11) is 1.49. The van der Waals surface area contributed by atoms with Crippen molar-refractivity contribution in [2.24, 2.45) is 10.8 Å². The molecule has 2 aromatic carbocycles. The Morgan fingerprint density at radius 3 is 2.60 bits per heavy atom. The molecular formula is C16H14Br2ClN3O3. The molecule has 1 atom stereocenters. The Morgan fingerprint density at radius 1 is 1.40 bits per heavy atom. The average Bonchev–Trinajstić information content (AvgIpc) is 2.60. The first-order valence-electron chi connectivity index (χ1n) is 6.93. The molecule has 0 fully saturated rings. The molecule has 0 heterocycles. The van der Waals surface area contributed by atoms with Gasteiger partial charge in [0.05, 0.1) is 11.6 Å². The van der Waals surface area contributed by atoms with Crippen molar-refractivity contribution >= 4 is 55.6 Å². The molecule has 25 heavy (non-hydrogen) atoms. The second-order valence-electron chi connectivity index (χ2n) is 4.88. The summed E-state index contributed by atoms with van der Waals surface area (Å²) in [6.07, 6.45) is 1.39. The highest BCUT2D eigenvalue weighted by atomic mass is 79.9. The molecule has 0 aliphatic heterocycles. The van der Waals surface area contributed by atoms with E-state index in [9.17, 15) is 9.90 Å². The molecule has 2 aromatic rings. The van der Waals surface area contributed by atoms with Gasteiger partial charge in [0.25, 0.3) is 5.91 Å². The Morgan fingerprint density at radius 2 is 2.04 bits per heavy atom. The number of phenolic OH excluding ortho intramolecular Hbond substituents is 1. The number of methoxy groups -OCH3 is 1. The molecule has 0 spiro atoms. The molecule has 1 unspecified atom stereocenters. The first-order chi connectivity index (χ1) is 11.9. The molecule has 1 amide bonds. The zero-order valence-electron chi connectivity index (χ0n) is 13.0. The summed E-state index contributed by atoms with van der Waals surface area (Å²) < 4.78 is 6.17. The van der Waals surface area contributed by atoms with Crippen LogP contribution in [-0.2, 0) is 4.79 Å². The van der Waals surface area contributed by atoms with Crippen molar-refractivity contribution in [3.05, 3.63) is 55.4 Å². The van der Waals surface area contributed by atoms with Crippen LogP contribution in [0.3, 0.4) is 0 Å². The molecule has 9 heteroatoms. The second kappa shape index (κ2) is 8.66. The fraction of sp³-hybridized carbons (Fsp3) is 0.125. The van der Waals surface area contributed by atoms with E-state index >= 15 is 0 Å². The van der Waals surface area contributed by atoms with Crippen LogP contribution in [0, 0.1) is 0 Å². The quantitative estimate of drug-likeness (QED) is 0.257. The predicted octanol–water partition coefficient (Wildman–Crippen LogP) is 3.73. The van der Waals surface area contributed by atoms with Crippen LogP contribution in [0.25, 0.3) is 0 Å². The maximum Gasteiger partial charge on any atom is 0.263 e. The molecule has 0 aromatic heterocycles. The number of aromatic hydroxyl groups is 1. The fourth-order valence-electron chi connectivity index (χ4n) is 2.08. The van der Waals surface area contributed by atoms with Crippen LogP contribution in [0.2, 0.25) is 5.02 Å². The van der Waals surface area contributed by atoms with Gasteiger partial charge in [-0.2, -0.15) is 0 Å². The van der Waals surface area contributed by atoms with Gasteiger partial charge in [-0.3, -0.25) is 15.2 Å². The highest BCUT2D eigenvalue weighted by Crippen LogP contribution is 2.41. The number of phenols is 1. The number of carbonyl (C=O) groups is 1. The molecule has 4 N–H and O–H groups in total. The number of nitrogens with two attached hydrogens (primary N) is 1. The minimum absolute atomic E-state index is 0.0631. The van der Waals surface area contributed by atoms with Crippen molar-refractivity contribution in [3.63, 3.8) is 0 Å². The normalized spacial score (nSPS) is 12.2. The van der Waals surface area contributed by atoms with E-state index in [0.717, 1.165) is 0 Å². The van der Waals surface area contributed by atoms with E-state index < -0.39 is 11.9 Å². The lowest BCUT2D eigenvalue weighted by Gasteiger charge is -2.13. The number of amides is 1. The molecule has 0 radical (unpaired) electrons. The van der Waals surface area contributed by atoms with Crippen molar-refractivity contribution < 1.29 is 14.6 Å². The molecule has 132 valence electrons. The van der Waals surface area contributed by atoms with Crippen LogP contribution >= 0.6 is 43.5 Å². The van der Waals surface area contributed by atoms with Gasteiger partial charge >= 0.3 is 0 Å². The summed E-state index contributed by atoms with van der Waals surface area (Å²) in [4.78, 5) is 16.3. The van der Waals surface area contributed by atoms with Crippen LogP contribution in [-0.4, -0.2) is 24.3 Å². The third-order valence-corrected chi connectivity index (χ3v) is 4.90. The lowest BCUT2D eigenvalue weighted by atomic mass is 10.1. The summed E-state index contributed by atoms with van der Waals surface area (Å²) in [6, 6.07) is 7.41. The van der Waals surface area contributed by atoms with Gasteiger partial charge in [0.1, 0.15) is 10.2 Å². The fourth-order valence-corrected chi connectivity index (χ4v) is 3.68. The summed E-state index contributed by atoms with van der Waals surface area (Å²) in [6.45, 7) is 0. The van der Waals surface area contributed by atoms with Crippen LogP contribution in [0.4, 0.5) is 0 Å². The van der Waals surface area contributed by atoms with Gasteiger partial charge < -0.3 is 9.84 Å². The molecule has 0 bridgehead atoms. The summed E-state index contributed by atoms with van der Waals surface area (Å²) in [5.74, 6) is 5.13. The number of carbonyl (C=O) groups excluding carboxylic acids is 1. The average molecular weight is 492 g/mol. The molecule has 2 rings (SSSR count). The standard InChI is InChI=1S/C16H14Br2ClN3O3/c1-25-15-11(17)6-9(14(23)12(15)18)7-21-13(16(24)22-20)8-2-4-10(19)5-3-8/h2-7,13,23H,20H2,1H3,(H,22,24). The van der Waals surface area contributed by atoms with Gasteiger partial charge in [0.15, 0.2) is 11.8 Å². The van der Waals surface area contributed by atoms with Crippen molar-refractivity contribution in [3.8, 4) is 11.5 Å². The van der Waals surface area contributed by atoms with E-state index in [1.165, 1.54) is 13.3 Å². The lowest BCUT2D eigenvalue weighted by molar-refractivity contribution is -0.122. The van der Waals surface area contributed by atoms with Crippen molar-refractivity contribution in [2.45, 2.75) is 6.04 Å². The molecule has 0 saturated carbocycles. The second-order valence-corrected chi connectivity index (χ2v) is 6.97. The number of ether oxygens (including phenoxy) is 1. The Bertz CT molecular complexity index is 813. The highest BCUT2D eigenvalue weighted by Gasteiger charge is 2.19. The number of nitrogens with zero attached hydrogens (tertiary/aromatic N) is 1. The summed E-state index contributed by atoms with van der Waals surface area (Å²) in [5, 5.41) is 10.8. The first kappa shape index (κ1) is 19.7. The largest absolute Gasteiger partial charge is 0.506 e. The Kier molecular flexibility index (Phi) is 6.83. The Balaban J connectivity index is 2.42. The number of rotatable bonds is 5. The van der Waals surface area contributed by atoms with E-state index in [1.807, 2.05) is 0 Å². The third kappa shape index (κ3) is 4.52. The van der Waals surface area contributed by atoms with Gasteiger partial charge in [-0.25, -0.2) is 5.84 Å². The van der Waals surface area contributed by atoms with Crippen molar-refractivity contribution in [2.75, 3.05) is 7.11 Å². The van der Waals surface area contributed by atoms with Crippen molar-refractivity contribution in [1.82, 2.24) is 5.43 Å².